The van der Waals surface area contributed by atoms with Gasteiger partial charge in [0.25, 0.3) is 0 Å². The van der Waals surface area contributed by atoms with E-state index in [2.05, 4.69) is 12.6 Å². The van der Waals surface area contributed by atoms with E-state index >= 15 is 0 Å². The van der Waals surface area contributed by atoms with Crippen molar-refractivity contribution >= 4 is 12.6 Å². The Balaban J connectivity index is 3.40. The summed E-state index contributed by atoms with van der Waals surface area (Å²) in [6.45, 7) is 7.20. The van der Waals surface area contributed by atoms with Crippen LogP contribution in [0, 0.1) is 6.61 Å². The molecule has 0 aromatic carbocycles. The van der Waals surface area contributed by atoms with Crippen molar-refractivity contribution in [3.05, 3.63) is 6.61 Å². The predicted octanol–water partition coefficient (Wildman–Crippen LogP) is 2.30. The second-order valence-corrected chi connectivity index (χ2v) is 2.90. The summed E-state index contributed by atoms with van der Waals surface area (Å²) < 4.78 is 10.6. The van der Waals surface area contributed by atoms with Crippen LogP contribution in [0.5, 0.6) is 0 Å². The average Bonchev–Trinajstić information content (AvgIpc) is 2.10. The molecule has 0 aromatic rings. The largest absolute Gasteiger partial charge is 0.376 e. The highest BCUT2D eigenvalue weighted by molar-refractivity contribution is 7.80. The van der Waals surface area contributed by atoms with E-state index in [1.165, 1.54) is 0 Å². The molecule has 0 amide bonds. The van der Waals surface area contributed by atoms with Gasteiger partial charge < -0.3 is 9.47 Å². The summed E-state index contributed by atoms with van der Waals surface area (Å²) in [6, 6.07) is 0. The first-order valence-corrected chi connectivity index (χ1v) is 5.15. The van der Waals surface area contributed by atoms with Gasteiger partial charge in [0.05, 0.1) is 6.10 Å². The quantitative estimate of drug-likeness (QED) is 0.593. The molecule has 0 heterocycles. The summed E-state index contributed by atoms with van der Waals surface area (Å²) in [7, 11) is 0. The molecule has 0 rings (SSSR count). The van der Waals surface area contributed by atoms with Gasteiger partial charge in [-0.05, 0) is 32.4 Å². The fraction of sp³-hybridized carbons (Fsp3) is 0.889. The maximum atomic E-state index is 5.43. The number of thiol groups is 1. The van der Waals surface area contributed by atoms with Crippen LogP contribution in [0.1, 0.15) is 26.7 Å². The van der Waals surface area contributed by atoms with E-state index in [1.54, 1.807) is 6.61 Å². The molecule has 73 valence electrons. The summed E-state index contributed by atoms with van der Waals surface area (Å²) in [6.07, 6.45) is 2.21. The Morgan fingerprint density at radius 1 is 1.33 bits per heavy atom. The van der Waals surface area contributed by atoms with Crippen LogP contribution >= 0.6 is 12.6 Å². The molecule has 3 heteroatoms. The molecule has 0 aromatic heterocycles. The molecule has 12 heavy (non-hydrogen) atoms. The molecule has 1 unspecified atom stereocenters. The van der Waals surface area contributed by atoms with E-state index < -0.39 is 0 Å². The lowest BCUT2D eigenvalue weighted by molar-refractivity contribution is 0.0266. The molecule has 0 fully saturated rings. The Hall–Kier alpha value is 0.270. The van der Waals surface area contributed by atoms with Crippen molar-refractivity contribution in [3.63, 3.8) is 0 Å². The van der Waals surface area contributed by atoms with Gasteiger partial charge in [-0.2, -0.15) is 12.6 Å². The first kappa shape index (κ1) is 12.3. The van der Waals surface area contributed by atoms with Gasteiger partial charge in [0, 0.05) is 13.2 Å². The highest BCUT2D eigenvalue weighted by atomic mass is 32.1. The van der Waals surface area contributed by atoms with E-state index in [-0.39, 0.29) is 6.10 Å². The van der Waals surface area contributed by atoms with Gasteiger partial charge in [0.2, 0.25) is 0 Å². The van der Waals surface area contributed by atoms with Crippen molar-refractivity contribution in [2.45, 2.75) is 32.8 Å². The van der Waals surface area contributed by atoms with Crippen LogP contribution in [0.25, 0.3) is 0 Å². The molecule has 0 aliphatic heterocycles. The van der Waals surface area contributed by atoms with Gasteiger partial charge in [-0.1, -0.05) is 0 Å². The maximum Gasteiger partial charge on any atom is 0.112 e. The maximum absolute atomic E-state index is 5.43. The lowest BCUT2D eigenvalue weighted by Gasteiger charge is -2.15. The van der Waals surface area contributed by atoms with Crippen LogP contribution in [-0.2, 0) is 9.47 Å². The zero-order valence-electron chi connectivity index (χ0n) is 7.95. The van der Waals surface area contributed by atoms with Gasteiger partial charge in [-0.25, -0.2) is 0 Å². The molecule has 2 nitrogen and oxygen atoms in total. The van der Waals surface area contributed by atoms with Gasteiger partial charge in [-0.15, -0.1) is 0 Å². The lowest BCUT2D eigenvalue weighted by atomic mass is 10.2. The van der Waals surface area contributed by atoms with Crippen molar-refractivity contribution in [2.24, 2.45) is 0 Å². The summed E-state index contributed by atoms with van der Waals surface area (Å²) >= 11 is 4.14. The molecule has 0 aliphatic carbocycles. The zero-order valence-corrected chi connectivity index (χ0v) is 8.85. The third-order valence-corrected chi connectivity index (χ3v) is 1.76. The molecule has 0 N–H and O–H groups in total. The van der Waals surface area contributed by atoms with Crippen LogP contribution in [0.3, 0.4) is 0 Å². The number of rotatable bonds is 8. The van der Waals surface area contributed by atoms with Crippen molar-refractivity contribution < 1.29 is 9.47 Å². The molecule has 1 atom stereocenters. The van der Waals surface area contributed by atoms with Crippen LogP contribution in [0.2, 0.25) is 0 Å². The van der Waals surface area contributed by atoms with Gasteiger partial charge in [0.1, 0.15) is 6.61 Å². The highest BCUT2D eigenvalue weighted by Gasteiger charge is 2.07. The molecule has 0 aliphatic rings. The molecule has 0 bridgehead atoms. The number of ether oxygens (including phenoxy) is 2. The van der Waals surface area contributed by atoms with E-state index in [1.807, 2.05) is 13.8 Å². The normalized spacial score (nSPS) is 13.2. The Labute approximate surface area is 81.0 Å². The minimum absolute atomic E-state index is 0.141. The number of hydrogen-bond donors (Lipinski definition) is 1. The van der Waals surface area contributed by atoms with Crippen molar-refractivity contribution in [3.8, 4) is 0 Å². The fourth-order valence-corrected chi connectivity index (χ4v) is 1.08. The minimum Gasteiger partial charge on any atom is -0.376 e. The van der Waals surface area contributed by atoms with Crippen LogP contribution in [0.15, 0.2) is 0 Å². The monoisotopic (exact) mass is 191 g/mol. The van der Waals surface area contributed by atoms with Crippen LogP contribution in [-0.4, -0.2) is 25.1 Å². The van der Waals surface area contributed by atoms with E-state index in [9.17, 15) is 0 Å². The highest BCUT2D eigenvalue weighted by Crippen LogP contribution is 2.07. The average molecular weight is 191 g/mol. The fourth-order valence-electron chi connectivity index (χ4n) is 0.901. The Kier molecular flexibility index (Phi) is 9.57. The summed E-state index contributed by atoms with van der Waals surface area (Å²) in [5.41, 5.74) is 0. The van der Waals surface area contributed by atoms with E-state index in [0.717, 1.165) is 25.2 Å². The van der Waals surface area contributed by atoms with Gasteiger partial charge in [-0.3, -0.25) is 0 Å². The van der Waals surface area contributed by atoms with Crippen LogP contribution in [0.4, 0.5) is 0 Å². The summed E-state index contributed by atoms with van der Waals surface area (Å²) in [4.78, 5) is 0. The third kappa shape index (κ3) is 6.95. The molecular weight excluding hydrogens is 172 g/mol. The number of hydrogen-bond acceptors (Lipinski definition) is 3. The van der Waals surface area contributed by atoms with Gasteiger partial charge >= 0.3 is 0 Å². The summed E-state index contributed by atoms with van der Waals surface area (Å²) in [5, 5.41) is 0. The third-order valence-electron chi connectivity index (χ3n) is 1.44. The standard InChI is InChI=1S/C9H19O2S/c1-3-10-8-9(11-4-2)6-5-7-12/h8-9,12H,3-7H2,1-2H3. The Morgan fingerprint density at radius 3 is 2.58 bits per heavy atom. The van der Waals surface area contributed by atoms with Crippen molar-refractivity contribution in [1.29, 1.82) is 0 Å². The molecule has 1 radical (unpaired) electrons. The van der Waals surface area contributed by atoms with Crippen LogP contribution < -0.4 is 0 Å². The van der Waals surface area contributed by atoms with Gasteiger partial charge in [0.15, 0.2) is 0 Å². The summed E-state index contributed by atoms with van der Waals surface area (Å²) in [5.74, 6) is 0.906. The predicted molar refractivity (Wildman–Crippen MR) is 54.4 cm³/mol. The van der Waals surface area contributed by atoms with E-state index in [0.29, 0.717) is 6.61 Å². The van der Waals surface area contributed by atoms with Crippen molar-refractivity contribution in [1.82, 2.24) is 0 Å². The first-order valence-electron chi connectivity index (χ1n) is 4.52. The first-order chi connectivity index (χ1) is 5.85. The Bertz CT molecular complexity index is 80.6. The molecular formula is C9H19O2S. The van der Waals surface area contributed by atoms with Crippen molar-refractivity contribution in [2.75, 3.05) is 19.0 Å². The zero-order chi connectivity index (χ0) is 9.23. The molecule has 0 saturated carbocycles. The topological polar surface area (TPSA) is 18.5 Å². The second kappa shape index (κ2) is 9.36. The second-order valence-electron chi connectivity index (χ2n) is 2.45. The smallest absolute Gasteiger partial charge is 0.112 e. The minimum atomic E-state index is 0.141. The lowest BCUT2D eigenvalue weighted by Crippen LogP contribution is -2.15. The Morgan fingerprint density at radius 2 is 2.08 bits per heavy atom. The molecule has 0 saturated heterocycles. The SMILES string of the molecule is CCO[CH]C(CCCS)OCC. The van der Waals surface area contributed by atoms with E-state index in [4.69, 9.17) is 9.47 Å². The molecule has 0 spiro atoms.